The molecule has 2 aromatic carbocycles. The topological polar surface area (TPSA) is 71.3 Å². The Morgan fingerprint density at radius 3 is 2.92 bits per heavy atom. The van der Waals surface area contributed by atoms with E-state index in [0.717, 1.165) is 17.7 Å². The lowest BCUT2D eigenvalue weighted by molar-refractivity contribution is 0.0125. The van der Waals surface area contributed by atoms with E-state index in [1.165, 1.54) is 11.1 Å². The van der Waals surface area contributed by atoms with Gasteiger partial charge in [-0.15, -0.1) is 0 Å². The van der Waals surface area contributed by atoms with Gasteiger partial charge in [0.25, 0.3) is 0 Å². The second-order valence-electron chi connectivity index (χ2n) is 6.32. The van der Waals surface area contributed by atoms with Crippen LogP contribution in [0.25, 0.3) is 0 Å². The average Bonchev–Trinajstić information content (AvgIpc) is 3.02. The molecule has 1 N–H and O–H groups in total. The molecule has 3 atom stereocenters. The predicted octanol–water partition coefficient (Wildman–Crippen LogP) is 3.79. The molecule has 1 heterocycles. The molecule has 0 saturated carbocycles. The van der Waals surface area contributed by atoms with Crippen LogP contribution in [0, 0.1) is 17.2 Å². The summed E-state index contributed by atoms with van der Waals surface area (Å²) in [7, 11) is 0. The first-order valence-electron chi connectivity index (χ1n) is 8.43. The lowest BCUT2D eigenvalue weighted by Gasteiger charge is -2.36. The molecule has 5 nitrogen and oxygen atoms in total. The number of anilines is 1. The Hall–Kier alpha value is -3.00. The smallest absolute Gasteiger partial charge is 0.435 e. The Labute approximate surface area is 146 Å². The summed E-state index contributed by atoms with van der Waals surface area (Å²) in [6.45, 7) is 2.03. The number of fused-ring (bicyclic) bond motifs is 5. The number of carbonyl (C=O) groups is 1. The molecule has 1 aliphatic carbocycles. The molecule has 0 fully saturated rings. The van der Waals surface area contributed by atoms with Gasteiger partial charge >= 0.3 is 6.16 Å². The normalized spacial score (nSPS) is 22.6. The fourth-order valence-electron chi connectivity index (χ4n) is 3.96. The van der Waals surface area contributed by atoms with E-state index >= 15 is 0 Å². The number of hydrogen-bond acceptors (Lipinski definition) is 5. The van der Waals surface area contributed by atoms with Crippen LogP contribution in [0.2, 0.25) is 0 Å². The van der Waals surface area contributed by atoms with Gasteiger partial charge in [-0.25, -0.2) is 4.79 Å². The Morgan fingerprint density at radius 1 is 1.28 bits per heavy atom. The summed E-state index contributed by atoms with van der Waals surface area (Å²) in [5.74, 6) is 0.170. The molecule has 0 bridgehead atoms. The zero-order valence-corrected chi connectivity index (χ0v) is 13.9. The van der Waals surface area contributed by atoms with Crippen LogP contribution in [0.4, 0.5) is 10.5 Å². The van der Waals surface area contributed by atoms with Crippen molar-refractivity contribution in [1.29, 1.82) is 5.26 Å². The van der Waals surface area contributed by atoms with Gasteiger partial charge in [0.05, 0.1) is 18.2 Å². The zero-order valence-electron chi connectivity index (χ0n) is 13.9. The highest BCUT2D eigenvalue weighted by atomic mass is 16.7. The number of rotatable bonds is 2. The molecule has 0 amide bonds. The predicted molar refractivity (Wildman–Crippen MR) is 92.2 cm³/mol. The van der Waals surface area contributed by atoms with Crippen LogP contribution in [0.1, 0.15) is 35.1 Å². The number of hydrogen-bond donors (Lipinski definition) is 1. The third-order valence-electron chi connectivity index (χ3n) is 4.96. The van der Waals surface area contributed by atoms with E-state index in [1.54, 1.807) is 13.0 Å². The molecule has 2 aliphatic rings. The molecule has 4 rings (SSSR count). The van der Waals surface area contributed by atoms with Gasteiger partial charge in [0.1, 0.15) is 0 Å². The molecule has 1 aliphatic heterocycles. The fraction of sp³-hybridized carbons (Fsp3) is 0.300. The molecule has 3 unspecified atom stereocenters. The average molecular weight is 334 g/mol. The van der Waals surface area contributed by atoms with Crippen LogP contribution < -0.4 is 5.32 Å². The van der Waals surface area contributed by atoms with Gasteiger partial charge in [-0.2, -0.15) is 5.26 Å². The minimum absolute atomic E-state index is 0.0725. The van der Waals surface area contributed by atoms with Crippen molar-refractivity contribution in [3.63, 3.8) is 0 Å². The third kappa shape index (κ3) is 2.60. The van der Waals surface area contributed by atoms with E-state index in [0.29, 0.717) is 5.56 Å². The highest BCUT2D eigenvalue weighted by molar-refractivity contribution is 5.65. The molecule has 0 saturated heterocycles. The number of nitriles is 1. The van der Waals surface area contributed by atoms with Crippen molar-refractivity contribution in [1.82, 2.24) is 0 Å². The van der Waals surface area contributed by atoms with Crippen molar-refractivity contribution < 1.29 is 14.3 Å². The highest BCUT2D eigenvalue weighted by Crippen LogP contribution is 2.50. The minimum Gasteiger partial charge on any atom is -0.435 e. The van der Waals surface area contributed by atoms with Crippen LogP contribution in [0.5, 0.6) is 0 Å². The molecule has 0 radical (unpaired) electrons. The number of nitrogens with one attached hydrogen (secondary N) is 1. The summed E-state index contributed by atoms with van der Waals surface area (Å²) in [6.07, 6.45) is -0.308. The quantitative estimate of drug-likeness (QED) is 0.846. The van der Waals surface area contributed by atoms with E-state index in [-0.39, 0.29) is 18.4 Å². The molecule has 5 heteroatoms. The van der Waals surface area contributed by atoms with Gasteiger partial charge in [0, 0.05) is 17.5 Å². The molecular formula is C20H18N2O3. The van der Waals surface area contributed by atoms with Gasteiger partial charge in [0.2, 0.25) is 0 Å². The fourth-order valence-corrected chi connectivity index (χ4v) is 3.96. The van der Waals surface area contributed by atoms with Crippen LogP contribution in [0.15, 0.2) is 42.5 Å². The van der Waals surface area contributed by atoms with Crippen LogP contribution >= 0.6 is 0 Å². The van der Waals surface area contributed by atoms with Crippen molar-refractivity contribution in [2.75, 3.05) is 11.9 Å². The largest absolute Gasteiger partial charge is 0.510 e. The maximum absolute atomic E-state index is 11.9. The first-order chi connectivity index (χ1) is 12.2. The van der Waals surface area contributed by atoms with Crippen molar-refractivity contribution in [3.05, 3.63) is 64.7 Å². The Balaban J connectivity index is 1.77. The van der Waals surface area contributed by atoms with Crippen LogP contribution in [-0.4, -0.2) is 19.0 Å². The summed E-state index contributed by atoms with van der Waals surface area (Å²) >= 11 is 0. The van der Waals surface area contributed by atoms with Crippen molar-refractivity contribution in [3.8, 4) is 6.07 Å². The summed E-state index contributed by atoms with van der Waals surface area (Å²) in [5.41, 5.74) is 5.10. The van der Waals surface area contributed by atoms with E-state index in [1.807, 2.05) is 24.3 Å². The Kier molecular flexibility index (Phi) is 3.81. The summed E-state index contributed by atoms with van der Waals surface area (Å²) in [6, 6.07) is 16.1. The second kappa shape index (κ2) is 6.14. The monoisotopic (exact) mass is 334 g/mol. The zero-order chi connectivity index (χ0) is 17.4. The van der Waals surface area contributed by atoms with Gasteiger partial charge in [-0.05, 0) is 48.2 Å². The number of carbonyl (C=O) groups excluding carboxylic acids is 1. The van der Waals surface area contributed by atoms with E-state index in [9.17, 15) is 10.1 Å². The Morgan fingerprint density at radius 2 is 2.12 bits per heavy atom. The molecular weight excluding hydrogens is 316 g/mol. The summed E-state index contributed by atoms with van der Waals surface area (Å²) in [4.78, 5) is 11.9. The molecule has 2 aromatic rings. The Bertz CT molecular complexity index is 871. The summed E-state index contributed by atoms with van der Waals surface area (Å²) in [5, 5.41) is 12.6. The van der Waals surface area contributed by atoms with Crippen molar-refractivity contribution >= 4 is 11.8 Å². The number of nitrogens with zero attached hydrogens (tertiary/aromatic N) is 1. The number of ether oxygens (including phenoxy) is 2. The highest BCUT2D eigenvalue weighted by Gasteiger charge is 2.44. The van der Waals surface area contributed by atoms with E-state index in [4.69, 9.17) is 9.47 Å². The van der Waals surface area contributed by atoms with Gasteiger partial charge in [-0.3, -0.25) is 0 Å². The van der Waals surface area contributed by atoms with Crippen molar-refractivity contribution in [2.24, 2.45) is 5.92 Å². The summed E-state index contributed by atoms with van der Waals surface area (Å²) < 4.78 is 10.5. The van der Waals surface area contributed by atoms with Gasteiger partial charge in [0.15, 0.2) is 6.23 Å². The first-order valence-corrected chi connectivity index (χ1v) is 8.43. The van der Waals surface area contributed by atoms with Gasteiger partial charge in [-0.1, -0.05) is 24.3 Å². The molecule has 25 heavy (non-hydrogen) atoms. The second-order valence-corrected chi connectivity index (χ2v) is 6.32. The SMILES string of the molecule is CCOC(=O)OC1Nc2ccc(C#N)cc2C2c3ccccc3CC12. The standard InChI is InChI=1S/C20H18N2O3/c1-2-24-20(23)25-19-16-10-13-5-3-4-6-14(13)18(16)15-9-12(11-21)7-8-17(15)22-19/h3-9,16,18-19,22H,2,10H2,1H3. The number of benzene rings is 2. The van der Waals surface area contributed by atoms with E-state index < -0.39 is 12.4 Å². The van der Waals surface area contributed by atoms with Crippen molar-refractivity contribution in [2.45, 2.75) is 25.5 Å². The van der Waals surface area contributed by atoms with Crippen LogP contribution in [0.3, 0.4) is 0 Å². The lowest BCUT2D eigenvalue weighted by Crippen LogP contribution is -2.40. The van der Waals surface area contributed by atoms with Crippen LogP contribution in [-0.2, 0) is 15.9 Å². The maximum atomic E-state index is 11.9. The van der Waals surface area contributed by atoms with E-state index in [2.05, 4.69) is 23.5 Å². The third-order valence-corrected chi connectivity index (χ3v) is 4.96. The molecule has 126 valence electrons. The minimum atomic E-state index is -0.660. The lowest BCUT2D eigenvalue weighted by atomic mass is 9.80. The molecule has 0 spiro atoms. The first kappa shape index (κ1) is 15.5. The maximum Gasteiger partial charge on any atom is 0.510 e. The molecule has 0 aromatic heterocycles. The van der Waals surface area contributed by atoms with Gasteiger partial charge < -0.3 is 14.8 Å².